The second kappa shape index (κ2) is 6.67. The van der Waals surface area contributed by atoms with Crippen LogP contribution >= 0.6 is 15.9 Å². The summed E-state index contributed by atoms with van der Waals surface area (Å²) >= 11 is 3.41. The summed E-state index contributed by atoms with van der Waals surface area (Å²) < 4.78 is 12.1. The molecule has 0 saturated heterocycles. The Balaban J connectivity index is 1.78. The van der Waals surface area contributed by atoms with Gasteiger partial charge in [-0.2, -0.15) is 0 Å². The van der Waals surface area contributed by atoms with Crippen LogP contribution in [0.3, 0.4) is 0 Å². The highest BCUT2D eigenvalue weighted by Gasteiger charge is 2.01. The molecule has 2 nitrogen and oxygen atoms in total. The summed E-state index contributed by atoms with van der Waals surface area (Å²) in [5.74, 6) is 2.49. The largest absolute Gasteiger partial charge is 0.497 e. The maximum atomic E-state index is 5.82. The number of benzene rings is 3. The van der Waals surface area contributed by atoms with Gasteiger partial charge in [0.2, 0.25) is 0 Å². The Morgan fingerprint density at radius 3 is 1.95 bits per heavy atom. The van der Waals surface area contributed by atoms with E-state index >= 15 is 0 Å². The van der Waals surface area contributed by atoms with E-state index in [4.69, 9.17) is 9.47 Å². The highest BCUT2D eigenvalue weighted by Crippen LogP contribution is 2.28. The predicted octanol–water partition coefficient (Wildman–Crippen LogP) is 5.92. The van der Waals surface area contributed by atoms with Gasteiger partial charge < -0.3 is 9.47 Å². The first kappa shape index (κ1) is 14.7. The highest BCUT2D eigenvalue weighted by atomic mass is 79.9. The molecule has 22 heavy (non-hydrogen) atoms. The second-order valence-electron chi connectivity index (χ2n) is 4.81. The van der Waals surface area contributed by atoms with Crippen molar-refractivity contribution in [3.05, 3.63) is 77.3 Å². The molecule has 0 radical (unpaired) electrons. The molecule has 0 atom stereocenters. The van der Waals surface area contributed by atoms with Crippen molar-refractivity contribution < 1.29 is 9.47 Å². The first-order chi connectivity index (χ1) is 10.7. The van der Waals surface area contributed by atoms with Crippen LogP contribution in [0.25, 0.3) is 11.1 Å². The van der Waals surface area contributed by atoms with Gasteiger partial charge in [-0.15, -0.1) is 0 Å². The van der Waals surface area contributed by atoms with Gasteiger partial charge in [0, 0.05) is 4.47 Å². The summed E-state index contributed by atoms with van der Waals surface area (Å²) in [7, 11) is 1.67. The zero-order valence-corrected chi connectivity index (χ0v) is 13.7. The molecule has 0 bridgehead atoms. The van der Waals surface area contributed by atoms with Gasteiger partial charge in [-0.05, 0) is 59.7 Å². The van der Waals surface area contributed by atoms with E-state index in [-0.39, 0.29) is 0 Å². The van der Waals surface area contributed by atoms with E-state index in [0.29, 0.717) is 0 Å². The molecule has 3 aromatic rings. The van der Waals surface area contributed by atoms with Crippen LogP contribution in [0.1, 0.15) is 0 Å². The van der Waals surface area contributed by atoms with Gasteiger partial charge in [0.15, 0.2) is 0 Å². The fourth-order valence-corrected chi connectivity index (χ4v) is 2.42. The number of methoxy groups -OCH3 is 1. The van der Waals surface area contributed by atoms with Crippen LogP contribution in [0.4, 0.5) is 0 Å². The highest BCUT2D eigenvalue weighted by molar-refractivity contribution is 9.10. The van der Waals surface area contributed by atoms with Crippen LogP contribution in [0.15, 0.2) is 77.3 Å². The van der Waals surface area contributed by atoms with E-state index in [0.717, 1.165) is 32.8 Å². The van der Waals surface area contributed by atoms with Crippen LogP contribution in [0, 0.1) is 0 Å². The Kier molecular flexibility index (Phi) is 4.45. The lowest BCUT2D eigenvalue weighted by Crippen LogP contribution is -1.85. The van der Waals surface area contributed by atoms with Crippen LogP contribution in [0.2, 0.25) is 0 Å². The molecule has 0 aliphatic carbocycles. The summed E-state index contributed by atoms with van der Waals surface area (Å²) in [4.78, 5) is 0. The molecule has 0 N–H and O–H groups in total. The van der Waals surface area contributed by atoms with E-state index in [1.165, 1.54) is 0 Å². The first-order valence-corrected chi connectivity index (χ1v) is 7.72. The lowest BCUT2D eigenvalue weighted by Gasteiger charge is -2.08. The third-order valence-electron chi connectivity index (χ3n) is 3.31. The monoisotopic (exact) mass is 354 g/mol. The second-order valence-corrected chi connectivity index (χ2v) is 5.73. The molecule has 3 heteroatoms. The van der Waals surface area contributed by atoms with Crippen LogP contribution in [-0.2, 0) is 0 Å². The van der Waals surface area contributed by atoms with E-state index in [9.17, 15) is 0 Å². The maximum absolute atomic E-state index is 5.82. The minimum absolute atomic E-state index is 0.814. The molecule has 3 rings (SSSR count). The first-order valence-electron chi connectivity index (χ1n) is 6.92. The van der Waals surface area contributed by atoms with Crippen molar-refractivity contribution in [2.45, 2.75) is 0 Å². The molecule has 0 amide bonds. The Bertz CT molecular complexity index is 749. The van der Waals surface area contributed by atoms with E-state index in [2.05, 4.69) is 22.0 Å². The van der Waals surface area contributed by atoms with Crippen molar-refractivity contribution in [1.29, 1.82) is 0 Å². The Hall–Kier alpha value is -2.26. The molecule has 0 spiro atoms. The predicted molar refractivity (Wildman–Crippen MR) is 92.6 cm³/mol. The fourth-order valence-electron chi connectivity index (χ4n) is 2.16. The number of hydrogen-bond donors (Lipinski definition) is 0. The average Bonchev–Trinajstić information content (AvgIpc) is 2.58. The third kappa shape index (κ3) is 3.49. The Morgan fingerprint density at radius 2 is 1.32 bits per heavy atom. The zero-order valence-electron chi connectivity index (χ0n) is 12.1. The van der Waals surface area contributed by atoms with Gasteiger partial charge in [-0.3, -0.25) is 0 Å². The number of ether oxygens (including phenoxy) is 2. The standard InChI is InChI=1S/C19H15BrO2/c1-21-19-4-2-3-15(13-19)14-5-9-17(10-6-14)22-18-11-7-16(20)8-12-18/h2-13H,1H3. The minimum atomic E-state index is 0.814. The summed E-state index contributed by atoms with van der Waals surface area (Å²) in [5.41, 5.74) is 2.25. The number of rotatable bonds is 4. The van der Waals surface area contributed by atoms with Crippen molar-refractivity contribution in [2.75, 3.05) is 7.11 Å². The molecule has 0 heterocycles. The molecule has 0 aliphatic rings. The summed E-state index contributed by atoms with van der Waals surface area (Å²) in [6, 6.07) is 23.8. The normalized spacial score (nSPS) is 10.3. The molecular formula is C19H15BrO2. The van der Waals surface area contributed by atoms with Crippen molar-refractivity contribution in [3.63, 3.8) is 0 Å². The van der Waals surface area contributed by atoms with Gasteiger partial charge in [-0.25, -0.2) is 0 Å². The van der Waals surface area contributed by atoms with E-state index in [1.807, 2.05) is 66.7 Å². The van der Waals surface area contributed by atoms with Gasteiger partial charge in [0.25, 0.3) is 0 Å². The van der Waals surface area contributed by atoms with Gasteiger partial charge in [-0.1, -0.05) is 40.2 Å². The summed E-state index contributed by atoms with van der Waals surface area (Å²) in [6.07, 6.45) is 0. The molecule has 0 fully saturated rings. The van der Waals surface area contributed by atoms with Gasteiger partial charge >= 0.3 is 0 Å². The number of hydrogen-bond acceptors (Lipinski definition) is 2. The lowest BCUT2D eigenvalue weighted by atomic mass is 10.1. The lowest BCUT2D eigenvalue weighted by molar-refractivity contribution is 0.415. The van der Waals surface area contributed by atoms with E-state index in [1.54, 1.807) is 7.11 Å². The molecule has 0 saturated carbocycles. The minimum Gasteiger partial charge on any atom is -0.497 e. The molecule has 110 valence electrons. The third-order valence-corrected chi connectivity index (χ3v) is 3.84. The molecular weight excluding hydrogens is 340 g/mol. The smallest absolute Gasteiger partial charge is 0.127 e. The van der Waals surface area contributed by atoms with Gasteiger partial charge in [0.05, 0.1) is 7.11 Å². The van der Waals surface area contributed by atoms with Crippen molar-refractivity contribution in [1.82, 2.24) is 0 Å². The van der Waals surface area contributed by atoms with Crippen LogP contribution < -0.4 is 9.47 Å². The Morgan fingerprint density at radius 1 is 0.682 bits per heavy atom. The molecule has 0 unspecified atom stereocenters. The Labute approximate surface area is 138 Å². The van der Waals surface area contributed by atoms with Crippen molar-refractivity contribution in [3.8, 4) is 28.4 Å². The quantitative estimate of drug-likeness (QED) is 0.579. The van der Waals surface area contributed by atoms with Crippen molar-refractivity contribution in [2.24, 2.45) is 0 Å². The zero-order chi connectivity index (χ0) is 15.4. The SMILES string of the molecule is COc1cccc(-c2ccc(Oc3ccc(Br)cc3)cc2)c1. The summed E-state index contributed by atoms with van der Waals surface area (Å²) in [6.45, 7) is 0. The topological polar surface area (TPSA) is 18.5 Å². The van der Waals surface area contributed by atoms with Crippen molar-refractivity contribution >= 4 is 15.9 Å². The van der Waals surface area contributed by atoms with Crippen LogP contribution in [0.5, 0.6) is 17.2 Å². The molecule has 0 aliphatic heterocycles. The van der Waals surface area contributed by atoms with Crippen LogP contribution in [-0.4, -0.2) is 7.11 Å². The fraction of sp³-hybridized carbons (Fsp3) is 0.0526. The number of halogens is 1. The average molecular weight is 355 g/mol. The molecule has 0 aromatic heterocycles. The summed E-state index contributed by atoms with van der Waals surface area (Å²) in [5, 5.41) is 0. The van der Waals surface area contributed by atoms with Gasteiger partial charge in [0.1, 0.15) is 17.2 Å². The maximum Gasteiger partial charge on any atom is 0.127 e. The molecule has 3 aromatic carbocycles. The van der Waals surface area contributed by atoms with E-state index < -0.39 is 0 Å².